The van der Waals surface area contributed by atoms with Crippen LogP contribution in [0.25, 0.3) is 0 Å². The lowest BCUT2D eigenvalue weighted by atomic mass is 10.1. The first-order chi connectivity index (χ1) is 15.8. The first-order valence-corrected chi connectivity index (χ1v) is 12.4. The molecule has 0 bridgehead atoms. The Kier molecular flexibility index (Phi) is 6.87. The van der Waals surface area contributed by atoms with Crippen LogP contribution in [0.3, 0.4) is 0 Å². The van der Waals surface area contributed by atoms with Gasteiger partial charge in [0.25, 0.3) is 5.91 Å². The molecule has 1 aromatic heterocycles. The highest BCUT2D eigenvalue weighted by Gasteiger charge is 2.26. The number of aromatic nitrogens is 1. The van der Waals surface area contributed by atoms with Gasteiger partial charge in [-0.05, 0) is 25.0 Å². The minimum absolute atomic E-state index is 0.158. The molecule has 1 N–H and O–H groups in total. The number of carbonyl (C=O) groups is 1. The first-order valence-electron chi connectivity index (χ1n) is 11.5. The van der Waals surface area contributed by atoms with Crippen LogP contribution in [-0.4, -0.2) is 87.5 Å². The molecule has 0 saturated carbocycles. The average Bonchev–Trinajstić information content (AvgIpc) is 3.36. The third kappa shape index (κ3) is 4.91. The van der Waals surface area contributed by atoms with E-state index in [1.807, 2.05) is 23.6 Å². The number of carbonyl (C=O) groups excluding carboxylic acids is 1. The number of ether oxygens (including phenoxy) is 2. The Morgan fingerprint density at radius 1 is 0.938 bits per heavy atom. The van der Waals surface area contributed by atoms with E-state index in [1.54, 1.807) is 0 Å². The second-order valence-corrected chi connectivity index (χ2v) is 9.29. The van der Waals surface area contributed by atoms with E-state index < -0.39 is 0 Å². The molecule has 4 heterocycles. The van der Waals surface area contributed by atoms with Crippen molar-refractivity contribution in [3.05, 3.63) is 35.3 Å². The van der Waals surface area contributed by atoms with Gasteiger partial charge < -0.3 is 24.6 Å². The first kappa shape index (κ1) is 21.6. The van der Waals surface area contributed by atoms with Crippen molar-refractivity contribution in [1.29, 1.82) is 0 Å². The molecule has 1 amide bonds. The molecule has 3 saturated heterocycles. The van der Waals surface area contributed by atoms with E-state index in [4.69, 9.17) is 9.47 Å². The number of amides is 1. The molecule has 3 aliphatic heterocycles. The minimum Gasteiger partial charge on any atom is -0.381 e. The van der Waals surface area contributed by atoms with Crippen LogP contribution in [0.1, 0.15) is 23.3 Å². The van der Waals surface area contributed by atoms with E-state index in [9.17, 15) is 4.79 Å². The van der Waals surface area contributed by atoms with Gasteiger partial charge in [0.1, 0.15) is 5.69 Å². The second-order valence-electron chi connectivity index (χ2n) is 8.45. The number of hydrogen-bond acceptors (Lipinski definition) is 8. The molecule has 32 heavy (non-hydrogen) atoms. The van der Waals surface area contributed by atoms with Crippen LogP contribution < -0.4 is 15.1 Å². The van der Waals surface area contributed by atoms with Gasteiger partial charge in [0.05, 0.1) is 24.6 Å². The Bertz CT molecular complexity index is 903. The van der Waals surface area contributed by atoms with Crippen LogP contribution >= 0.6 is 11.3 Å². The smallest absolute Gasteiger partial charge is 0.275 e. The summed E-state index contributed by atoms with van der Waals surface area (Å²) in [5.41, 5.74) is 2.39. The summed E-state index contributed by atoms with van der Waals surface area (Å²) in [6.45, 7) is 8.81. The number of benzene rings is 1. The van der Waals surface area contributed by atoms with E-state index in [-0.39, 0.29) is 5.91 Å². The molecule has 172 valence electrons. The summed E-state index contributed by atoms with van der Waals surface area (Å²) in [7, 11) is 0. The Hall–Kier alpha value is -2.20. The van der Waals surface area contributed by atoms with E-state index in [0.29, 0.717) is 24.9 Å². The molecule has 3 aliphatic rings. The summed E-state index contributed by atoms with van der Waals surface area (Å²) in [5, 5.41) is 5.83. The fourth-order valence-electron chi connectivity index (χ4n) is 4.69. The molecule has 0 radical (unpaired) electrons. The molecule has 1 aromatic carbocycles. The molecular formula is C23H31N5O3S. The number of thiazole rings is 1. The van der Waals surface area contributed by atoms with Gasteiger partial charge in [-0.3, -0.25) is 9.69 Å². The summed E-state index contributed by atoms with van der Waals surface area (Å²) < 4.78 is 10.9. The number of morpholine rings is 1. The molecule has 5 rings (SSSR count). The van der Waals surface area contributed by atoms with Crippen LogP contribution in [0.4, 0.5) is 16.5 Å². The lowest BCUT2D eigenvalue weighted by molar-refractivity contribution is 0.0321. The van der Waals surface area contributed by atoms with Crippen molar-refractivity contribution >= 4 is 33.8 Å². The Labute approximate surface area is 193 Å². The van der Waals surface area contributed by atoms with Gasteiger partial charge in [-0.15, -0.1) is 11.3 Å². The largest absolute Gasteiger partial charge is 0.381 e. The van der Waals surface area contributed by atoms with Crippen LogP contribution in [0, 0.1) is 0 Å². The molecule has 0 aliphatic carbocycles. The number of rotatable bonds is 5. The monoisotopic (exact) mass is 457 g/mol. The Morgan fingerprint density at radius 2 is 1.66 bits per heavy atom. The summed E-state index contributed by atoms with van der Waals surface area (Å²) in [6, 6.07) is 8.73. The lowest BCUT2D eigenvalue weighted by Gasteiger charge is -2.41. The molecular weight excluding hydrogens is 426 g/mol. The van der Waals surface area contributed by atoms with Crippen molar-refractivity contribution in [2.45, 2.75) is 18.9 Å². The molecule has 2 aromatic rings. The number of nitrogens with one attached hydrogen (secondary N) is 1. The standard InChI is InChI=1S/C23H31N5O3S/c29-22(20-17-32-23(25-20)28-11-15-31-16-12-28)24-19-3-1-2-4-21(19)27-9-7-26(8-10-27)18-5-13-30-14-6-18/h1-4,17-18H,5-16H2,(H,24,29). The molecule has 0 spiro atoms. The number of hydrogen-bond donors (Lipinski definition) is 1. The topological polar surface area (TPSA) is 70.2 Å². The maximum absolute atomic E-state index is 13.0. The van der Waals surface area contributed by atoms with Crippen molar-refractivity contribution < 1.29 is 14.3 Å². The Balaban J connectivity index is 1.22. The quantitative estimate of drug-likeness (QED) is 0.740. The van der Waals surface area contributed by atoms with Gasteiger partial charge in [-0.2, -0.15) is 0 Å². The Morgan fingerprint density at radius 3 is 2.44 bits per heavy atom. The number of anilines is 3. The molecule has 0 unspecified atom stereocenters. The van der Waals surface area contributed by atoms with Gasteiger partial charge in [0.2, 0.25) is 0 Å². The maximum Gasteiger partial charge on any atom is 0.275 e. The third-order valence-corrected chi connectivity index (χ3v) is 7.42. The van der Waals surface area contributed by atoms with Gasteiger partial charge in [-0.1, -0.05) is 12.1 Å². The number of nitrogens with zero attached hydrogens (tertiary/aromatic N) is 4. The highest BCUT2D eigenvalue weighted by Crippen LogP contribution is 2.29. The van der Waals surface area contributed by atoms with Crippen molar-refractivity contribution in [2.75, 3.05) is 80.8 Å². The van der Waals surface area contributed by atoms with E-state index in [2.05, 4.69) is 31.1 Å². The van der Waals surface area contributed by atoms with Crippen LogP contribution in [0.15, 0.2) is 29.6 Å². The molecule has 9 heteroatoms. The zero-order valence-corrected chi connectivity index (χ0v) is 19.2. The normalized spacial score (nSPS) is 21.0. The minimum atomic E-state index is -0.158. The van der Waals surface area contributed by atoms with Crippen molar-refractivity contribution in [1.82, 2.24) is 9.88 Å². The second kappa shape index (κ2) is 10.2. The summed E-state index contributed by atoms with van der Waals surface area (Å²) in [4.78, 5) is 24.7. The fourth-order valence-corrected chi connectivity index (χ4v) is 5.55. The molecule has 0 atom stereocenters. The zero-order valence-electron chi connectivity index (χ0n) is 18.4. The number of piperazine rings is 1. The third-order valence-electron chi connectivity index (χ3n) is 6.52. The van der Waals surface area contributed by atoms with Gasteiger partial charge >= 0.3 is 0 Å². The maximum atomic E-state index is 13.0. The molecule has 3 fully saturated rings. The predicted octanol–water partition coefficient (Wildman–Crippen LogP) is 2.53. The zero-order chi connectivity index (χ0) is 21.8. The van der Waals surface area contributed by atoms with Crippen molar-refractivity contribution in [3.8, 4) is 0 Å². The van der Waals surface area contributed by atoms with E-state index >= 15 is 0 Å². The molecule has 8 nitrogen and oxygen atoms in total. The summed E-state index contributed by atoms with van der Waals surface area (Å²) in [5.74, 6) is -0.158. The average molecular weight is 458 g/mol. The highest BCUT2D eigenvalue weighted by atomic mass is 32.1. The lowest BCUT2D eigenvalue weighted by Crippen LogP contribution is -2.51. The highest BCUT2D eigenvalue weighted by molar-refractivity contribution is 7.14. The van der Waals surface area contributed by atoms with Gasteiger partial charge in [0, 0.05) is 63.9 Å². The fraction of sp³-hybridized carbons (Fsp3) is 0.565. The summed E-state index contributed by atoms with van der Waals surface area (Å²) in [6.07, 6.45) is 2.26. The van der Waals surface area contributed by atoms with E-state index in [1.165, 1.54) is 11.3 Å². The van der Waals surface area contributed by atoms with Crippen LogP contribution in [-0.2, 0) is 9.47 Å². The SMILES string of the molecule is O=C(Nc1ccccc1N1CCN(C2CCOCC2)CC1)c1csc(N2CCOCC2)n1. The summed E-state index contributed by atoms with van der Waals surface area (Å²) >= 11 is 1.51. The number of para-hydroxylation sites is 2. The predicted molar refractivity (Wildman–Crippen MR) is 127 cm³/mol. The van der Waals surface area contributed by atoms with Gasteiger partial charge in [0.15, 0.2) is 5.13 Å². The van der Waals surface area contributed by atoms with Gasteiger partial charge in [-0.25, -0.2) is 4.98 Å². The van der Waals surface area contributed by atoms with Crippen LogP contribution in [0.5, 0.6) is 0 Å². The van der Waals surface area contributed by atoms with Crippen molar-refractivity contribution in [3.63, 3.8) is 0 Å². The van der Waals surface area contributed by atoms with Crippen molar-refractivity contribution in [2.24, 2.45) is 0 Å². The van der Waals surface area contributed by atoms with Crippen LogP contribution in [0.2, 0.25) is 0 Å². The van der Waals surface area contributed by atoms with E-state index in [0.717, 1.165) is 81.8 Å².